The number of nitrogens with zero attached hydrogens (tertiary/aromatic N) is 2. The number of carbonyl (C=O) groups is 2. The van der Waals surface area contributed by atoms with Gasteiger partial charge in [-0.05, 0) is 18.6 Å². The molecule has 1 aliphatic heterocycles. The first-order valence-corrected chi connectivity index (χ1v) is 7.66. The summed E-state index contributed by atoms with van der Waals surface area (Å²) in [4.78, 5) is 27.8. The first-order valence-electron chi connectivity index (χ1n) is 7.66. The van der Waals surface area contributed by atoms with E-state index in [1.807, 2.05) is 37.3 Å². The molecule has 1 saturated heterocycles. The molecule has 0 radical (unpaired) electrons. The Balaban J connectivity index is 1.86. The molecule has 6 heteroatoms. The summed E-state index contributed by atoms with van der Waals surface area (Å²) in [5.41, 5.74) is 1.13. The highest BCUT2D eigenvalue weighted by atomic mass is 16.3. The molecule has 0 spiro atoms. The first-order chi connectivity index (χ1) is 10.7. The topological polar surface area (TPSA) is 72.9 Å². The van der Waals surface area contributed by atoms with Gasteiger partial charge < -0.3 is 20.2 Å². The molecule has 1 aromatic rings. The third-order valence-corrected chi connectivity index (χ3v) is 3.93. The highest BCUT2D eigenvalue weighted by molar-refractivity contribution is 6.35. The molecule has 1 aromatic carbocycles. The zero-order chi connectivity index (χ0) is 15.9. The highest BCUT2D eigenvalue weighted by Crippen LogP contribution is 2.15. The molecule has 120 valence electrons. The van der Waals surface area contributed by atoms with Crippen LogP contribution in [-0.2, 0) is 9.59 Å². The number of anilines is 1. The summed E-state index contributed by atoms with van der Waals surface area (Å²) in [7, 11) is 0. The number of piperazine rings is 1. The molecule has 0 aliphatic carbocycles. The van der Waals surface area contributed by atoms with E-state index in [1.165, 1.54) is 0 Å². The van der Waals surface area contributed by atoms with Crippen molar-refractivity contribution in [3.63, 3.8) is 0 Å². The van der Waals surface area contributed by atoms with Gasteiger partial charge in [0.25, 0.3) is 0 Å². The molecule has 22 heavy (non-hydrogen) atoms. The first kappa shape index (κ1) is 16.3. The molecular formula is C16H23N3O3. The largest absolute Gasteiger partial charge is 0.394 e. The fourth-order valence-electron chi connectivity index (χ4n) is 2.47. The normalized spacial score (nSPS) is 16.3. The smallest absolute Gasteiger partial charge is 0.312 e. The third kappa shape index (κ3) is 3.98. The van der Waals surface area contributed by atoms with E-state index in [1.54, 1.807) is 4.90 Å². The molecule has 1 heterocycles. The Labute approximate surface area is 130 Å². The van der Waals surface area contributed by atoms with Gasteiger partial charge in [0.1, 0.15) is 0 Å². The molecule has 2 N–H and O–H groups in total. The Bertz CT molecular complexity index is 495. The maximum atomic E-state index is 12.1. The van der Waals surface area contributed by atoms with Crippen molar-refractivity contribution in [2.45, 2.75) is 19.4 Å². The molecule has 1 fully saturated rings. The van der Waals surface area contributed by atoms with Crippen LogP contribution in [0.5, 0.6) is 0 Å². The van der Waals surface area contributed by atoms with Crippen molar-refractivity contribution in [2.24, 2.45) is 0 Å². The monoisotopic (exact) mass is 305 g/mol. The lowest BCUT2D eigenvalue weighted by molar-refractivity contribution is -0.146. The molecule has 0 bridgehead atoms. The third-order valence-electron chi connectivity index (χ3n) is 3.93. The van der Waals surface area contributed by atoms with Crippen molar-refractivity contribution in [3.05, 3.63) is 30.3 Å². The van der Waals surface area contributed by atoms with Crippen molar-refractivity contribution in [1.82, 2.24) is 10.2 Å². The number of hydrogen-bond acceptors (Lipinski definition) is 4. The lowest BCUT2D eigenvalue weighted by Crippen LogP contribution is -2.54. The molecule has 2 amide bonds. The SMILES string of the molecule is CCC(CO)NC(=O)C(=O)N1CCN(c2ccccc2)CC1. The fraction of sp³-hybridized carbons (Fsp3) is 0.500. The molecule has 1 aliphatic rings. The van der Waals surface area contributed by atoms with Crippen molar-refractivity contribution < 1.29 is 14.7 Å². The average Bonchev–Trinajstić information content (AvgIpc) is 2.59. The molecule has 6 nitrogen and oxygen atoms in total. The van der Waals surface area contributed by atoms with Gasteiger partial charge in [-0.3, -0.25) is 9.59 Å². The van der Waals surface area contributed by atoms with E-state index in [0.717, 1.165) is 5.69 Å². The van der Waals surface area contributed by atoms with Crippen LogP contribution in [0.25, 0.3) is 0 Å². The quantitative estimate of drug-likeness (QED) is 0.781. The van der Waals surface area contributed by atoms with Crippen LogP contribution < -0.4 is 10.2 Å². The zero-order valence-corrected chi connectivity index (χ0v) is 12.9. The Hall–Kier alpha value is -2.08. The number of amides is 2. The van der Waals surface area contributed by atoms with Gasteiger partial charge in [0.05, 0.1) is 12.6 Å². The van der Waals surface area contributed by atoms with Crippen LogP contribution in [0.2, 0.25) is 0 Å². The minimum atomic E-state index is -0.630. The van der Waals surface area contributed by atoms with E-state index in [2.05, 4.69) is 10.2 Å². The van der Waals surface area contributed by atoms with E-state index < -0.39 is 11.8 Å². The second-order valence-corrected chi connectivity index (χ2v) is 5.38. The van der Waals surface area contributed by atoms with Gasteiger partial charge >= 0.3 is 11.8 Å². The molecule has 0 saturated carbocycles. The van der Waals surface area contributed by atoms with Crippen molar-refractivity contribution in [1.29, 1.82) is 0 Å². The predicted octanol–water partition coefficient (Wildman–Crippen LogP) is 0.222. The van der Waals surface area contributed by atoms with Crippen LogP contribution in [0.4, 0.5) is 5.69 Å². The lowest BCUT2D eigenvalue weighted by atomic mass is 10.2. The van der Waals surface area contributed by atoms with E-state index in [9.17, 15) is 9.59 Å². The van der Waals surface area contributed by atoms with Gasteiger partial charge in [-0.15, -0.1) is 0 Å². The average molecular weight is 305 g/mol. The van der Waals surface area contributed by atoms with Crippen LogP contribution in [0.3, 0.4) is 0 Å². The lowest BCUT2D eigenvalue weighted by Gasteiger charge is -2.35. The van der Waals surface area contributed by atoms with Gasteiger partial charge in [0, 0.05) is 31.9 Å². The van der Waals surface area contributed by atoms with Gasteiger partial charge in [-0.2, -0.15) is 0 Å². The minimum absolute atomic E-state index is 0.155. The summed E-state index contributed by atoms with van der Waals surface area (Å²) in [6.07, 6.45) is 0.595. The maximum Gasteiger partial charge on any atom is 0.312 e. The maximum absolute atomic E-state index is 12.1. The van der Waals surface area contributed by atoms with Gasteiger partial charge in [0.15, 0.2) is 0 Å². The van der Waals surface area contributed by atoms with E-state index >= 15 is 0 Å². The van der Waals surface area contributed by atoms with Crippen LogP contribution in [-0.4, -0.2) is 60.6 Å². The minimum Gasteiger partial charge on any atom is -0.394 e. The summed E-state index contributed by atoms with van der Waals surface area (Å²) >= 11 is 0. The van der Waals surface area contributed by atoms with Crippen LogP contribution in [0, 0.1) is 0 Å². The van der Waals surface area contributed by atoms with Gasteiger partial charge in [-0.1, -0.05) is 25.1 Å². The Morgan fingerprint density at radius 3 is 2.36 bits per heavy atom. The Morgan fingerprint density at radius 1 is 1.18 bits per heavy atom. The second-order valence-electron chi connectivity index (χ2n) is 5.38. The summed E-state index contributed by atoms with van der Waals surface area (Å²) < 4.78 is 0. The van der Waals surface area contributed by atoms with E-state index in [-0.39, 0.29) is 12.6 Å². The summed E-state index contributed by atoms with van der Waals surface area (Å²) in [6.45, 7) is 4.16. The van der Waals surface area contributed by atoms with Gasteiger partial charge in [-0.25, -0.2) is 0 Å². The van der Waals surface area contributed by atoms with Crippen molar-refractivity contribution in [3.8, 4) is 0 Å². The summed E-state index contributed by atoms with van der Waals surface area (Å²) in [6, 6.07) is 9.66. The molecule has 1 unspecified atom stereocenters. The fourth-order valence-corrected chi connectivity index (χ4v) is 2.47. The highest BCUT2D eigenvalue weighted by Gasteiger charge is 2.27. The summed E-state index contributed by atoms with van der Waals surface area (Å²) in [5.74, 6) is -1.14. The second kappa shape index (κ2) is 7.79. The van der Waals surface area contributed by atoms with Crippen LogP contribution in [0.1, 0.15) is 13.3 Å². The van der Waals surface area contributed by atoms with E-state index in [4.69, 9.17) is 5.11 Å². The number of nitrogens with one attached hydrogen (secondary N) is 1. The zero-order valence-electron chi connectivity index (χ0n) is 12.9. The number of aliphatic hydroxyl groups excluding tert-OH is 1. The predicted molar refractivity (Wildman–Crippen MR) is 84.5 cm³/mol. The van der Waals surface area contributed by atoms with Crippen LogP contribution >= 0.6 is 0 Å². The van der Waals surface area contributed by atoms with E-state index in [0.29, 0.717) is 32.6 Å². The summed E-state index contributed by atoms with van der Waals surface area (Å²) in [5, 5.41) is 11.6. The Kier molecular flexibility index (Phi) is 5.77. The van der Waals surface area contributed by atoms with Crippen molar-refractivity contribution >= 4 is 17.5 Å². The standard InChI is InChI=1S/C16H23N3O3/c1-2-13(12-20)17-15(21)16(22)19-10-8-18(9-11-19)14-6-4-3-5-7-14/h3-7,13,20H,2,8-12H2,1H3,(H,17,21). The van der Waals surface area contributed by atoms with Crippen molar-refractivity contribution in [2.75, 3.05) is 37.7 Å². The molecule has 1 atom stereocenters. The molecule has 0 aromatic heterocycles. The number of aliphatic hydroxyl groups is 1. The molecule has 2 rings (SSSR count). The molecular weight excluding hydrogens is 282 g/mol. The van der Waals surface area contributed by atoms with Crippen LogP contribution in [0.15, 0.2) is 30.3 Å². The Morgan fingerprint density at radius 2 is 1.82 bits per heavy atom. The number of hydrogen-bond donors (Lipinski definition) is 2. The van der Waals surface area contributed by atoms with Gasteiger partial charge in [0.2, 0.25) is 0 Å². The number of carbonyl (C=O) groups excluding carboxylic acids is 2. The number of benzene rings is 1. The number of rotatable bonds is 4. The number of para-hydroxylation sites is 1.